The predicted octanol–water partition coefficient (Wildman–Crippen LogP) is 2.89. The lowest BCUT2D eigenvalue weighted by molar-refractivity contribution is 0.544. The molecule has 3 aromatic rings. The number of nitrogens with zero attached hydrogens (tertiary/aromatic N) is 3. The van der Waals surface area contributed by atoms with Gasteiger partial charge >= 0.3 is 0 Å². The van der Waals surface area contributed by atoms with Crippen LogP contribution in [0.15, 0.2) is 30.6 Å². The smallest absolute Gasteiger partial charge is 0.124 e. The van der Waals surface area contributed by atoms with E-state index >= 15 is 0 Å². The molecule has 0 saturated heterocycles. The van der Waals surface area contributed by atoms with Crippen molar-refractivity contribution in [2.45, 2.75) is 25.9 Å². The van der Waals surface area contributed by atoms with Crippen LogP contribution in [0.25, 0.3) is 10.2 Å². The molecule has 1 unspecified atom stereocenters. The molecule has 1 atom stereocenters. The predicted molar refractivity (Wildman–Crippen MR) is 82.8 cm³/mol. The summed E-state index contributed by atoms with van der Waals surface area (Å²) in [5.74, 6) is -0.212. The van der Waals surface area contributed by atoms with Gasteiger partial charge < -0.3 is 5.32 Å². The quantitative estimate of drug-likeness (QED) is 0.788. The summed E-state index contributed by atoms with van der Waals surface area (Å²) in [5, 5.41) is 8.60. The van der Waals surface area contributed by atoms with E-state index in [1.807, 2.05) is 24.1 Å². The average Bonchev–Trinajstić information content (AvgIpc) is 3.02. The van der Waals surface area contributed by atoms with Crippen LogP contribution in [0.4, 0.5) is 4.39 Å². The second kappa shape index (κ2) is 5.91. The van der Waals surface area contributed by atoms with Gasteiger partial charge in [-0.25, -0.2) is 9.37 Å². The second-order valence-corrected chi connectivity index (χ2v) is 6.34. The monoisotopic (exact) mass is 304 g/mol. The zero-order valence-electron chi connectivity index (χ0n) is 12.0. The van der Waals surface area contributed by atoms with Gasteiger partial charge in [0.05, 0.1) is 16.4 Å². The van der Waals surface area contributed by atoms with Crippen LogP contribution in [0.1, 0.15) is 17.5 Å². The van der Waals surface area contributed by atoms with Crippen molar-refractivity contribution in [1.29, 1.82) is 0 Å². The van der Waals surface area contributed by atoms with Gasteiger partial charge in [-0.15, -0.1) is 11.3 Å². The molecule has 0 fully saturated rings. The molecule has 1 N–H and O–H groups in total. The molecule has 0 aliphatic rings. The van der Waals surface area contributed by atoms with Crippen LogP contribution < -0.4 is 5.32 Å². The van der Waals surface area contributed by atoms with E-state index in [4.69, 9.17) is 0 Å². The number of rotatable bonds is 5. The molecule has 0 aliphatic carbocycles. The molecular weight excluding hydrogens is 287 g/mol. The number of thiazole rings is 1. The van der Waals surface area contributed by atoms with Crippen molar-refractivity contribution in [3.05, 3.63) is 47.0 Å². The summed E-state index contributed by atoms with van der Waals surface area (Å²) in [5.41, 5.74) is 2.07. The SMILES string of the molecule is CC(Cc1cnn(C)c1)NCc1nc2ccc(F)cc2s1. The minimum Gasteiger partial charge on any atom is -0.308 e. The fourth-order valence-electron chi connectivity index (χ4n) is 2.29. The summed E-state index contributed by atoms with van der Waals surface area (Å²) in [6.07, 6.45) is 4.84. The third-order valence-electron chi connectivity index (χ3n) is 3.30. The molecule has 21 heavy (non-hydrogen) atoms. The Morgan fingerprint density at radius 3 is 3.05 bits per heavy atom. The van der Waals surface area contributed by atoms with Crippen molar-refractivity contribution in [2.24, 2.45) is 7.05 Å². The number of aryl methyl sites for hydroxylation is 1. The van der Waals surface area contributed by atoms with Gasteiger partial charge in [-0.05, 0) is 37.1 Å². The Morgan fingerprint density at radius 1 is 1.43 bits per heavy atom. The highest BCUT2D eigenvalue weighted by molar-refractivity contribution is 7.18. The average molecular weight is 304 g/mol. The van der Waals surface area contributed by atoms with Gasteiger partial charge in [0.25, 0.3) is 0 Å². The molecule has 0 bridgehead atoms. The van der Waals surface area contributed by atoms with Gasteiger partial charge in [-0.1, -0.05) is 0 Å². The van der Waals surface area contributed by atoms with Gasteiger partial charge in [0, 0.05) is 25.8 Å². The molecule has 3 rings (SSSR count). The highest BCUT2D eigenvalue weighted by Crippen LogP contribution is 2.22. The highest BCUT2D eigenvalue weighted by atomic mass is 32.1. The van der Waals surface area contributed by atoms with Gasteiger partial charge in [-0.3, -0.25) is 4.68 Å². The number of hydrogen-bond donors (Lipinski definition) is 1. The molecule has 0 radical (unpaired) electrons. The van der Waals surface area contributed by atoms with Crippen molar-refractivity contribution in [1.82, 2.24) is 20.1 Å². The first-order valence-electron chi connectivity index (χ1n) is 6.86. The van der Waals surface area contributed by atoms with E-state index in [2.05, 4.69) is 22.3 Å². The Labute approximate surface area is 126 Å². The Bertz CT molecular complexity index is 749. The van der Waals surface area contributed by atoms with Crippen LogP contribution in [-0.4, -0.2) is 20.8 Å². The van der Waals surface area contributed by atoms with E-state index in [1.165, 1.54) is 29.0 Å². The van der Waals surface area contributed by atoms with E-state index in [0.717, 1.165) is 21.6 Å². The van der Waals surface area contributed by atoms with Crippen LogP contribution in [0.3, 0.4) is 0 Å². The summed E-state index contributed by atoms with van der Waals surface area (Å²) in [4.78, 5) is 4.51. The lowest BCUT2D eigenvalue weighted by atomic mass is 10.1. The lowest BCUT2D eigenvalue weighted by Crippen LogP contribution is -2.27. The number of hydrogen-bond acceptors (Lipinski definition) is 4. The van der Waals surface area contributed by atoms with E-state index in [-0.39, 0.29) is 5.82 Å². The molecule has 4 nitrogen and oxygen atoms in total. The fraction of sp³-hybridized carbons (Fsp3) is 0.333. The van der Waals surface area contributed by atoms with Gasteiger partial charge in [0.2, 0.25) is 0 Å². The van der Waals surface area contributed by atoms with Crippen molar-refractivity contribution in [3.8, 4) is 0 Å². The molecule has 2 aromatic heterocycles. The molecule has 0 amide bonds. The number of aromatic nitrogens is 3. The van der Waals surface area contributed by atoms with Crippen LogP contribution in [0, 0.1) is 5.82 Å². The summed E-state index contributed by atoms with van der Waals surface area (Å²) in [7, 11) is 1.92. The maximum Gasteiger partial charge on any atom is 0.124 e. The molecule has 2 heterocycles. The first-order valence-corrected chi connectivity index (χ1v) is 7.67. The molecule has 0 saturated carbocycles. The standard InChI is InChI=1S/C15H17FN4S/c1-10(5-11-7-18-20(2)9-11)17-8-15-19-13-4-3-12(16)6-14(13)21-15/h3-4,6-7,9-10,17H,5,8H2,1-2H3. The summed E-state index contributed by atoms with van der Waals surface area (Å²) in [6, 6.07) is 5.04. The first-order chi connectivity index (χ1) is 10.1. The van der Waals surface area contributed by atoms with Crippen LogP contribution in [0.2, 0.25) is 0 Å². The summed E-state index contributed by atoms with van der Waals surface area (Å²) >= 11 is 1.53. The molecule has 0 aliphatic heterocycles. The number of halogens is 1. The largest absolute Gasteiger partial charge is 0.308 e. The van der Waals surface area contributed by atoms with Gasteiger partial charge in [0.1, 0.15) is 10.8 Å². The van der Waals surface area contributed by atoms with Crippen molar-refractivity contribution in [2.75, 3.05) is 0 Å². The summed E-state index contributed by atoms with van der Waals surface area (Å²) in [6.45, 7) is 2.84. The Morgan fingerprint density at radius 2 is 2.29 bits per heavy atom. The normalized spacial score (nSPS) is 12.9. The van der Waals surface area contributed by atoms with Crippen molar-refractivity contribution >= 4 is 21.6 Å². The van der Waals surface area contributed by atoms with E-state index < -0.39 is 0 Å². The third kappa shape index (κ3) is 3.46. The molecular formula is C15H17FN4S. The maximum absolute atomic E-state index is 13.2. The minimum atomic E-state index is -0.212. The van der Waals surface area contributed by atoms with Crippen LogP contribution in [-0.2, 0) is 20.0 Å². The lowest BCUT2D eigenvalue weighted by Gasteiger charge is -2.11. The fourth-order valence-corrected chi connectivity index (χ4v) is 3.23. The number of benzene rings is 1. The minimum absolute atomic E-state index is 0.212. The van der Waals surface area contributed by atoms with E-state index in [1.54, 1.807) is 6.07 Å². The van der Waals surface area contributed by atoms with E-state index in [0.29, 0.717) is 12.6 Å². The van der Waals surface area contributed by atoms with E-state index in [9.17, 15) is 4.39 Å². The third-order valence-corrected chi connectivity index (χ3v) is 4.31. The topological polar surface area (TPSA) is 42.7 Å². The Kier molecular flexibility index (Phi) is 3.98. The first kappa shape index (κ1) is 14.2. The van der Waals surface area contributed by atoms with Crippen molar-refractivity contribution < 1.29 is 4.39 Å². The van der Waals surface area contributed by atoms with Crippen molar-refractivity contribution in [3.63, 3.8) is 0 Å². The molecule has 1 aromatic carbocycles. The zero-order chi connectivity index (χ0) is 14.8. The number of fused-ring (bicyclic) bond motifs is 1. The second-order valence-electron chi connectivity index (χ2n) is 5.23. The molecule has 0 spiro atoms. The van der Waals surface area contributed by atoms with Crippen LogP contribution >= 0.6 is 11.3 Å². The molecule has 6 heteroatoms. The highest BCUT2D eigenvalue weighted by Gasteiger charge is 2.08. The summed E-state index contributed by atoms with van der Waals surface area (Å²) < 4.78 is 15.9. The number of nitrogens with one attached hydrogen (secondary N) is 1. The van der Waals surface area contributed by atoms with Gasteiger partial charge in [-0.2, -0.15) is 5.10 Å². The van der Waals surface area contributed by atoms with Crippen LogP contribution in [0.5, 0.6) is 0 Å². The van der Waals surface area contributed by atoms with Gasteiger partial charge in [0.15, 0.2) is 0 Å². The Balaban J connectivity index is 1.60. The zero-order valence-corrected chi connectivity index (χ0v) is 12.8. The molecule has 110 valence electrons. The Hall–Kier alpha value is -1.79. The maximum atomic E-state index is 13.2.